The van der Waals surface area contributed by atoms with E-state index in [-0.39, 0.29) is 24.5 Å². The first-order valence-corrected chi connectivity index (χ1v) is 8.96. The average molecular weight is 354 g/mol. The number of fused-ring (bicyclic) bond motifs is 1. The monoisotopic (exact) mass is 354 g/mol. The number of aliphatic hydroxyl groups excluding tert-OH is 1. The normalized spacial score (nSPS) is 19.7. The van der Waals surface area contributed by atoms with E-state index in [9.17, 15) is 9.90 Å². The summed E-state index contributed by atoms with van der Waals surface area (Å²) in [7, 11) is 1.92. The fourth-order valence-corrected chi connectivity index (χ4v) is 3.52. The smallest absolute Gasteiger partial charge is 0.243 e. The summed E-state index contributed by atoms with van der Waals surface area (Å²) < 4.78 is 5.92. The SMILES string of the molecule is CC(C)[C@H]1C(=O)N[C@H](CO)c2cc(OCc3ccccc3)ccc2N1C. The number of nitrogens with one attached hydrogen (secondary N) is 1. The highest BCUT2D eigenvalue weighted by molar-refractivity contribution is 5.88. The Hall–Kier alpha value is -2.53. The Morgan fingerprint density at radius 3 is 2.58 bits per heavy atom. The van der Waals surface area contributed by atoms with Gasteiger partial charge in [0.25, 0.3) is 0 Å². The molecule has 26 heavy (non-hydrogen) atoms. The maximum Gasteiger partial charge on any atom is 0.243 e. The molecule has 1 aliphatic rings. The number of nitrogens with zero attached hydrogens (tertiary/aromatic N) is 1. The minimum absolute atomic E-state index is 0.0653. The van der Waals surface area contributed by atoms with Crippen molar-refractivity contribution in [1.82, 2.24) is 5.32 Å². The van der Waals surface area contributed by atoms with Gasteiger partial charge in [0, 0.05) is 18.3 Å². The summed E-state index contributed by atoms with van der Waals surface area (Å²) >= 11 is 0. The molecule has 0 saturated carbocycles. The van der Waals surface area contributed by atoms with Crippen LogP contribution in [0.2, 0.25) is 0 Å². The zero-order chi connectivity index (χ0) is 18.7. The van der Waals surface area contributed by atoms with Crippen LogP contribution in [0.5, 0.6) is 5.75 Å². The third kappa shape index (κ3) is 3.68. The van der Waals surface area contributed by atoms with E-state index in [4.69, 9.17) is 4.74 Å². The molecule has 0 fully saturated rings. The second-order valence-electron chi connectivity index (χ2n) is 7.04. The van der Waals surface area contributed by atoms with E-state index in [1.54, 1.807) is 0 Å². The van der Waals surface area contributed by atoms with Gasteiger partial charge in [0.2, 0.25) is 5.91 Å². The maximum atomic E-state index is 12.6. The summed E-state index contributed by atoms with van der Waals surface area (Å²) in [5, 5.41) is 12.8. The summed E-state index contributed by atoms with van der Waals surface area (Å²) in [5.74, 6) is 0.806. The zero-order valence-electron chi connectivity index (χ0n) is 15.5. The summed E-state index contributed by atoms with van der Waals surface area (Å²) in [6, 6.07) is 15.0. The van der Waals surface area contributed by atoms with Crippen molar-refractivity contribution >= 4 is 11.6 Å². The van der Waals surface area contributed by atoms with Crippen LogP contribution in [0, 0.1) is 5.92 Å². The Morgan fingerprint density at radius 2 is 1.92 bits per heavy atom. The van der Waals surface area contributed by atoms with Crippen molar-refractivity contribution in [3.63, 3.8) is 0 Å². The first-order chi connectivity index (χ1) is 12.5. The summed E-state index contributed by atoms with van der Waals surface area (Å²) in [5.41, 5.74) is 2.90. The number of carbonyl (C=O) groups is 1. The van der Waals surface area contributed by atoms with Gasteiger partial charge in [-0.05, 0) is 29.7 Å². The molecule has 0 aliphatic carbocycles. The zero-order valence-corrected chi connectivity index (χ0v) is 15.5. The molecule has 1 amide bonds. The maximum absolute atomic E-state index is 12.6. The van der Waals surface area contributed by atoms with E-state index >= 15 is 0 Å². The molecule has 0 saturated heterocycles. The van der Waals surface area contributed by atoms with Crippen LogP contribution < -0.4 is 15.0 Å². The number of anilines is 1. The van der Waals surface area contributed by atoms with Gasteiger partial charge in [-0.15, -0.1) is 0 Å². The van der Waals surface area contributed by atoms with Gasteiger partial charge in [-0.1, -0.05) is 44.2 Å². The van der Waals surface area contributed by atoms with Gasteiger partial charge in [-0.2, -0.15) is 0 Å². The fourth-order valence-electron chi connectivity index (χ4n) is 3.52. The van der Waals surface area contributed by atoms with Crippen LogP contribution in [-0.2, 0) is 11.4 Å². The molecule has 0 aromatic heterocycles. The first-order valence-electron chi connectivity index (χ1n) is 8.96. The molecule has 5 nitrogen and oxygen atoms in total. The molecule has 5 heteroatoms. The van der Waals surface area contributed by atoms with Crippen LogP contribution in [-0.4, -0.2) is 30.7 Å². The van der Waals surface area contributed by atoms with Crippen LogP contribution >= 0.6 is 0 Å². The molecule has 2 atom stereocenters. The van der Waals surface area contributed by atoms with Crippen molar-refractivity contribution in [2.24, 2.45) is 5.92 Å². The standard InChI is InChI=1S/C21H26N2O3/c1-14(2)20-21(25)22-18(12-24)17-11-16(9-10-19(17)23(20)3)26-13-15-7-5-4-6-8-15/h4-11,14,18,20,24H,12-13H2,1-3H3,(H,22,25)/t18-,20+/m1/s1. The van der Waals surface area contributed by atoms with Gasteiger partial charge < -0.3 is 20.1 Å². The quantitative estimate of drug-likeness (QED) is 0.867. The topological polar surface area (TPSA) is 61.8 Å². The lowest BCUT2D eigenvalue weighted by atomic mass is 10.0. The molecule has 2 aromatic rings. The number of rotatable bonds is 5. The lowest BCUT2D eigenvalue weighted by Crippen LogP contribution is -2.47. The molecule has 2 N–H and O–H groups in total. The first kappa shape index (κ1) is 18.3. The van der Waals surface area contributed by atoms with Crippen LogP contribution in [0.15, 0.2) is 48.5 Å². The van der Waals surface area contributed by atoms with Crippen LogP contribution in [0.4, 0.5) is 5.69 Å². The number of benzene rings is 2. The highest BCUT2D eigenvalue weighted by Crippen LogP contribution is 2.34. The van der Waals surface area contributed by atoms with E-state index in [2.05, 4.69) is 5.32 Å². The van der Waals surface area contributed by atoms with E-state index in [0.29, 0.717) is 6.61 Å². The van der Waals surface area contributed by atoms with Gasteiger partial charge in [-0.25, -0.2) is 0 Å². The number of carbonyl (C=O) groups excluding carboxylic acids is 1. The van der Waals surface area contributed by atoms with Gasteiger partial charge in [0.05, 0.1) is 12.6 Å². The fraction of sp³-hybridized carbons (Fsp3) is 0.381. The van der Waals surface area contributed by atoms with Gasteiger partial charge >= 0.3 is 0 Å². The number of aliphatic hydroxyl groups is 1. The molecule has 0 spiro atoms. The number of amides is 1. The molecule has 0 radical (unpaired) electrons. The molecule has 0 bridgehead atoms. The largest absolute Gasteiger partial charge is 0.489 e. The van der Waals surface area contributed by atoms with Crippen LogP contribution in [0.3, 0.4) is 0 Å². The predicted molar refractivity (Wildman–Crippen MR) is 102 cm³/mol. The molecular weight excluding hydrogens is 328 g/mol. The number of hydrogen-bond acceptors (Lipinski definition) is 4. The Kier molecular flexibility index (Phi) is 5.47. The lowest BCUT2D eigenvalue weighted by molar-refractivity contribution is -0.124. The average Bonchev–Trinajstić information content (AvgIpc) is 2.74. The van der Waals surface area contributed by atoms with Crippen molar-refractivity contribution in [2.75, 3.05) is 18.6 Å². The van der Waals surface area contributed by atoms with Crippen molar-refractivity contribution < 1.29 is 14.6 Å². The summed E-state index contributed by atoms with van der Waals surface area (Å²) in [4.78, 5) is 14.6. The second-order valence-corrected chi connectivity index (χ2v) is 7.04. The van der Waals surface area contributed by atoms with E-state index in [1.807, 2.05) is 74.3 Å². The Balaban J connectivity index is 1.89. The molecule has 1 aliphatic heterocycles. The third-order valence-electron chi connectivity index (χ3n) is 4.82. The second kappa shape index (κ2) is 7.79. The highest BCUT2D eigenvalue weighted by Gasteiger charge is 2.34. The molecule has 3 rings (SSSR count). The van der Waals surface area contributed by atoms with Crippen molar-refractivity contribution in [2.45, 2.75) is 32.5 Å². The van der Waals surface area contributed by atoms with Crippen molar-refractivity contribution in [3.05, 3.63) is 59.7 Å². The summed E-state index contributed by atoms with van der Waals surface area (Å²) in [6.07, 6.45) is 0. The van der Waals surface area contributed by atoms with Crippen LogP contribution in [0.25, 0.3) is 0 Å². The van der Waals surface area contributed by atoms with Crippen molar-refractivity contribution in [3.8, 4) is 5.75 Å². The van der Waals surface area contributed by atoms with E-state index < -0.39 is 6.04 Å². The number of likely N-dealkylation sites (N-methyl/N-ethyl adjacent to an activating group) is 1. The highest BCUT2D eigenvalue weighted by atomic mass is 16.5. The Bertz CT molecular complexity index is 761. The number of ether oxygens (including phenoxy) is 1. The van der Waals surface area contributed by atoms with Gasteiger partial charge in [-0.3, -0.25) is 4.79 Å². The Morgan fingerprint density at radius 1 is 1.19 bits per heavy atom. The molecule has 0 unspecified atom stereocenters. The van der Waals surface area contributed by atoms with E-state index in [0.717, 1.165) is 22.6 Å². The van der Waals surface area contributed by atoms with E-state index in [1.165, 1.54) is 0 Å². The van der Waals surface area contributed by atoms with Gasteiger partial charge in [0.15, 0.2) is 0 Å². The predicted octanol–water partition coefficient (Wildman–Crippen LogP) is 2.89. The molecule has 138 valence electrons. The third-order valence-corrected chi connectivity index (χ3v) is 4.82. The van der Waals surface area contributed by atoms with Crippen LogP contribution in [0.1, 0.15) is 31.0 Å². The minimum atomic E-state index is -0.441. The molecule has 2 aromatic carbocycles. The van der Waals surface area contributed by atoms with Gasteiger partial charge in [0.1, 0.15) is 18.4 Å². The number of hydrogen-bond donors (Lipinski definition) is 2. The Labute approximate surface area is 154 Å². The van der Waals surface area contributed by atoms with Crippen molar-refractivity contribution in [1.29, 1.82) is 0 Å². The minimum Gasteiger partial charge on any atom is -0.489 e. The summed E-state index contributed by atoms with van der Waals surface area (Å²) in [6.45, 7) is 4.37. The molecular formula is C21H26N2O3. The lowest BCUT2D eigenvalue weighted by Gasteiger charge is -2.30. The molecule has 1 heterocycles.